The molecule has 2 aromatic carbocycles. The third-order valence-corrected chi connectivity index (χ3v) is 6.05. The predicted molar refractivity (Wildman–Crippen MR) is 119 cm³/mol. The van der Waals surface area contributed by atoms with E-state index < -0.39 is 23.8 Å². The highest BCUT2D eigenvalue weighted by Gasteiger charge is 2.43. The van der Waals surface area contributed by atoms with E-state index in [1.54, 1.807) is 13.0 Å². The van der Waals surface area contributed by atoms with Gasteiger partial charge in [0.1, 0.15) is 0 Å². The zero-order chi connectivity index (χ0) is 24.5. The normalized spacial score (nSPS) is 19.6. The second-order valence-electron chi connectivity index (χ2n) is 8.13. The molecule has 2 aliphatic rings. The molecule has 0 bridgehead atoms. The second kappa shape index (κ2) is 9.46. The number of anilines is 2. The Kier molecular flexibility index (Phi) is 6.60. The first-order valence-corrected chi connectivity index (χ1v) is 11.0. The number of nitrogens with zero attached hydrogens (tertiary/aromatic N) is 3. The van der Waals surface area contributed by atoms with E-state index in [-0.39, 0.29) is 24.8 Å². The number of benzene rings is 2. The Morgan fingerprint density at radius 1 is 1.00 bits per heavy atom. The number of imide groups is 1. The zero-order valence-corrected chi connectivity index (χ0v) is 18.5. The van der Waals surface area contributed by atoms with Gasteiger partial charge in [-0.05, 0) is 49.4 Å². The van der Waals surface area contributed by atoms with Crippen LogP contribution in [0.3, 0.4) is 0 Å². The van der Waals surface area contributed by atoms with Crippen LogP contribution in [0.2, 0.25) is 0 Å². The van der Waals surface area contributed by atoms with E-state index in [0.717, 1.165) is 17.0 Å². The summed E-state index contributed by atoms with van der Waals surface area (Å²) < 4.78 is 44.0. The summed E-state index contributed by atoms with van der Waals surface area (Å²) in [5.41, 5.74) is 0.486. The SMILES string of the molecule is CCOC(=O)c1ccc(N2C(=O)C[C@H](N3CCN(c4cccc(C(F)(F)F)c4)CC3)C2=O)cc1. The van der Waals surface area contributed by atoms with Crippen molar-refractivity contribution < 1.29 is 32.3 Å². The van der Waals surface area contributed by atoms with Gasteiger partial charge in [-0.15, -0.1) is 0 Å². The molecule has 2 aromatic rings. The van der Waals surface area contributed by atoms with Gasteiger partial charge in [0.25, 0.3) is 5.91 Å². The van der Waals surface area contributed by atoms with Gasteiger partial charge in [0.05, 0.1) is 35.9 Å². The molecule has 34 heavy (non-hydrogen) atoms. The van der Waals surface area contributed by atoms with Gasteiger partial charge in [-0.1, -0.05) is 6.07 Å². The summed E-state index contributed by atoms with van der Waals surface area (Å²) in [5, 5.41) is 0. The Balaban J connectivity index is 1.41. The first-order chi connectivity index (χ1) is 16.2. The lowest BCUT2D eigenvalue weighted by molar-refractivity contribution is -0.137. The summed E-state index contributed by atoms with van der Waals surface area (Å²) >= 11 is 0. The lowest BCUT2D eigenvalue weighted by atomic mass is 10.1. The molecule has 2 heterocycles. The minimum Gasteiger partial charge on any atom is -0.462 e. The molecule has 0 saturated carbocycles. The molecule has 0 aliphatic carbocycles. The fourth-order valence-electron chi connectivity index (χ4n) is 4.30. The van der Waals surface area contributed by atoms with Gasteiger partial charge in [0.15, 0.2) is 0 Å². The number of esters is 1. The quantitative estimate of drug-likeness (QED) is 0.488. The first kappa shape index (κ1) is 23.7. The van der Waals surface area contributed by atoms with E-state index in [0.29, 0.717) is 43.1 Å². The highest BCUT2D eigenvalue weighted by molar-refractivity contribution is 6.22. The van der Waals surface area contributed by atoms with Crippen molar-refractivity contribution in [3.63, 3.8) is 0 Å². The van der Waals surface area contributed by atoms with Crippen molar-refractivity contribution in [2.75, 3.05) is 42.6 Å². The topological polar surface area (TPSA) is 70.2 Å². The van der Waals surface area contributed by atoms with Crippen LogP contribution in [0.15, 0.2) is 48.5 Å². The number of amides is 2. The second-order valence-corrected chi connectivity index (χ2v) is 8.13. The highest BCUT2D eigenvalue weighted by atomic mass is 19.4. The molecule has 2 saturated heterocycles. The van der Waals surface area contributed by atoms with Crippen molar-refractivity contribution in [3.8, 4) is 0 Å². The summed E-state index contributed by atoms with van der Waals surface area (Å²) in [6.07, 6.45) is -4.38. The molecule has 1 atom stereocenters. The monoisotopic (exact) mass is 475 g/mol. The van der Waals surface area contributed by atoms with Crippen LogP contribution in [0.5, 0.6) is 0 Å². The van der Waals surface area contributed by atoms with Gasteiger partial charge in [0.2, 0.25) is 5.91 Å². The lowest BCUT2D eigenvalue weighted by Crippen LogP contribution is -2.52. The van der Waals surface area contributed by atoms with Crippen molar-refractivity contribution in [2.24, 2.45) is 0 Å². The van der Waals surface area contributed by atoms with Crippen LogP contribution >= 0.6 is 0 Å². The van der Waals surface area contributed by atoms with Crippen LogP contribution < -0.4 is 9.80 Å². The van der Waals surface area contributed by atoms with Crippen molar-refractivity contribution in [1.29, 1.82) is 0 Å². The molecule has 2 amide bonds. The van der Waals surface area contributed by atoms with Crippen LogP contribution in [0.25, 0.3) is 0 Å². The van der Waals surface area contributed by atoms with E-state index in [4.69, 9.17) is 4.74 Å². The van der Waals surface area contributed by atoms with Crippen molar-refractivity contribution >= 4 is 29.2 Å². The summed E-state index contributed by atoms with van der Waals surface area (Å²) in [4.78, 5) is 42.4. The number of carbonyl (C=O) groups excluding carboxylic acids is 3. The number of alkyl halides is 3. The van der Waals surface area contributed by atoms with Crippen LogP contribution in [-0.4, -0.2) is 61.5 Å². The summed E-state index contributed by atoms with van der Waals surface area (Å²) in [6, 6.07) is 10.7. The molecule has 0 N–H and O–H groups in total. The largest absolute Gasteiger partial charge is 0.462 e. The number of carbonyl (C=O) groups is 3. The maximum Gasteiger partial charge on any atom is 0.416 e. The molecule has 2 aliphatic heterocycles. The summed E-state index contributed by atoms with van der Waals surface area (Å²) in [5.74, 6) is -1.16. The van der Waals surface area contributed by atoms with E-state index in [2.05, 4.69) is 0 Å². The molecular weight excluding hydrogens is 451 g/mol. The molecule has 0 unspecified atom stereocenters. The standard InChI is InChI=1S/C24H24F3N3O4/c1-2-34-23(33)16-6-8-18(9-7-16)30-21(31)15-20(22(30)32)29-12-10-28(11-13-29)19-5-3-4-17(14-19)24(25,26)27/h3-9,14,20H,2,10-13,15H2,1H3/t20-/m0/s1. The molecule has 10 heteroatoms. The number of hydrogen-bond donors (Lipinski definition) is 0. The third-order valence-electron chi connectivity index (χ3n) is 6.05. The lowest BCUT2D eigenvalue weighted by Gasteiger charge is -2.38. The number of halogens is 3. The van der Waals surface area contributed by atoms with E-state index in [1.165, 1.54) is 30.3 Å². The fraction of sp³-hybridized carbons (Fsp3) is 0.375. The fourth-order valence-corrected chi connectivity index (χ4v) is 4.30. The van der Waals surface area contributed by atoms with Gasteiger partial charge >= 0.3 is 12.1 Å². The molecule has 2 fully saturated rings. The predicted octanol–water partition coefficient (Wildman–Crippen LogP) is 3.34. The molecule has 180 valence electrons. The van der Waals surface area contributed by atoms with Gasteiger partial charge in [0, 0.05) is 31.9 Å². The van der Waals surface area contributed by atoms with Gasteiger partial charge in [-0.3, -0.25) is 14.5 Å². The summed E-state index contributed by atoms with van der Waals surface area (Å²) in [7, 11) is 0. The number of piperazine rings is 1. The minimum absolute atomic E-state index is 0.0298. The number of hydrogen-bond acceptors (Lipinski definition) is 6. The van der Waals surface area contributed by atoms with Crippen LogP contribution in [-0.2, 0) is 20.5 Å². The average molecular weight is 475 g/mol. The maximum absolute atomic E-state index is 13.1. The Morgan fingerprint density at radius 3 is 2.29 bits per heavy atom. The molecule has 0 radical (unpaired) electrons. The summed E-state index contributed by atoms with van der Waals surface area (Å²) in [6.45, 7) is 3.70. The highest BCUT2D eigenvalue weighted by Crippen LogP contribution is 2.32. The first-order valence-electron chi connectivity index (χ1n) is 11.0. The van der Waals surface area contributed by atoms with Crippen LogP contribution in [0.1, 0.15) is 29.3 Å². The van der Waals surface area contributed by atoms with Gasteiger partial charge < -0.3 is 9.64 Å². The minimum atomic E-state index is -4.41. The van der Waals surface area contributed by atoms with E-state index >= 15 is 0 Å². The van der Waals surface area contributed by atoms with Gasteiger partial charge in [-0.2, -0.15) is 13.2 Å². The average Bonchev–Trinajstić information content (AvgIpc) is 3.12. The Hall–Kier alpha value is -3.40. The Bertz CT molecular complexity index is 1080. The van der Waals surface area contributed by atoms with Gasteiger partial charge in [-0.25, -0.2) is 9.69 Å². The molecule has 0 spiro atoms. The van der Waals surface area contributed by atoms with Crippen molar-refractivity contribution in [3.05, 3.63) is 59.7 Å². The van der Waals surface area contributed by atoms with Crippen LogP contribution in [0, 0.1) is 0 Å². The van der Waals surface area contributed by atoms with E-state index in [9.17, 15) is 27.6 Å². The molecular formula is C24H24F3N3O4. The molecule has 7 nitrogen and oxygen atoms in total. The maximum atomic E-state index is 13.1. The van der Waals surface area contributed by atoms with E-state index in [1.807, 2.05) is 9.80 Å². The van der Waals surface area contributed by atoms with Crippen LogP contribution in [0.4, 0.5) is 24.5 Å². The number of rotatable bonds is 5. The molecule has 4 rings (SSSR count). The third kappa shape index (κ3) is 4.77. The Morgan fingerprint density at radius 2 is 1.68 bits per heavy atom. The van der Waals surface area contributed by atoms with Crippen molar-refractivity contribution in [1.82, 2.24) is 4.90 Å². The van der Waals surface area contributed by atoms with Crippen molar-refractivity contribution in [2.45, 2.75) is 25.6 Å². The smallest absolute Gasteiger partial charge is 0.416 e. The molecule has 0 aromatic heterocycles. The zero-order valence-electron chi connectivity index (χ0n) is 18.5. The number of ether oxygens (including phenoxy) is 1. The Labute approximate surface area is 194 Å².